The fourth-order valence-electron chi connectivity index (χ4n) is 1.04. The van der Waals surface area contributed by atoms with Crippen LogP contribution in [0.3, 0.4) is 0 Å². The Hall–Kier alpha value is -0.462. The molecular weight excluding hydrogens is 374 g/mol. The van der Waals surface area contributed by atoms with Crippen LogP contribution in [0.4, 0.5) is 0 Å². The second-order valence-electron chi connectivity index (χ2n) is 3.08. The number of phenolic OH excluding ortho intramolecular Hbond substituents is 1. The van der Waals surface area contributed by atoms with Gasteiger partial charge in [0.15, 0.2) is 0 Å². The first kappa shape index (κ1) is 13.6. The molecule has 0 amide bonds. The molecule has 2 aromatic carbocycles. The minimum atomic E-state index is 0.322. The zero-order valence-corrected chi connectivity index (χ0v) is 12.8. The third-order valence-electron chi connectivity index (χ3n) is 1.83. The largest absolute Gasteiger partial charge is 0.508 e. The van der Waals surface area contributed by atoms with Crippen molar-refractivity contribution in [1.29, 1.82) is 0 Å². The predicted molar refractivity (Wildman–Crippen MR) is 72.0 cm³/mol. The number of para-hydroxylation sites is 1. The second kappa shape index (κ2) is 7.75. The first-order valence-corrected chi connectivity index (χ1v) is 7.20. The molecule has 0 aliphatic heterocycles. The minimum absolute atomic E-state index is 0.322. The summed E-state index contributed by atoms with van der Waals surface area (Å²) in [4.78, 5) is 0. The van der Waals surface area contributed by atoms with Crippen LogP contribution < -0.4 is 0 Å². The number of phenols is 1. The summed E-state index contributed by atoms with van der Waals surface area (Å²) < 4.78 is 0.521. The summed E-state index contributed by atoms with van der Waals surface area (Å²) in [5.41, 5.74) is 1.35. The normalized spacial score (nSPS) is 11.1. The summed E-state index contributed by atoms with van der Waals surface area (Å²) in [7, 11) is 0. The Bertz CT molecular complexity index is 389. The molecule has 0 saturated heterocycles. The maximum Gasteiger partial charge on any atom is 0.115 e. The zero-order valence-electron chi connectivity index (χ0n) is 8.62. The third-order valence-corrected chi connectivity index (χ3v) is 3.21. The van der Waals surface area contributed by atoms with E-state index < -0.39 is 0 Å². The average molecular weight is 386 g/mol. The van der Waals surface area contributed by atoms with Gasteiger partial charge in [-0.05, 0) is 12.1 Å². The van der Waals surface area contributed by atoms with E-state index in [1.54, 1.807) is 47.3 Å². The summed E-state index contributed by atoms with van der Waals surface area (Å²) in [6.07, 6.45) is 0. The van der Waals surface area contributed by atoms with Crippen LogP contribution >= 0.6 is 15.9 Å². The van der Waals surface area contributed by atoms with Gasteiger partial charge in [0.1, 0.15) is 5.75 Å². The number of alkyl halides is 1. The Labute approximate surface area is 118 Å². The van der Waals surface area contributed by atoms with E-state index >= 15 is 0 Å². The van der Waals surface area contributed by atoms with Crippen LogP contribution in [-0.4, -0.2) is 28.1 Å². The average Bonchev–Trinajstić information content (AvgIpc) is 2.32. The van der Waals surface area contributed by atoms with E-state index in [0.717, 1.165) is 0 Å². The van der Waals surface area contributed by atoms with Crippen LogP contribution in [0.25, 0.3) is 0 Å². The van der Waals surface area contributed by atoms with Gasteiger partial charge in [0.2, 0.25) is 0 Å². The van der Waals surface area contributed by atoms with Crippen LogP contribution in [-0.2, 0) is 0 Å². The van der Waals surface area contributed by atoms with Gasteiger partial charge < -0.3 is 5.11 Å². The van der Waals surface area contributed by atoms with Crippen molar-refractivity contribution in [3.05, 3.63) is 66.2 Å². The summed E-state index contributed by atoms with van der Waals surface area (Å²) in [6.45, 7) is 0. The van der Waals surface area contributed by atoms with E-state index in [0.29, 0.717) is 8.52 Å². The topological polar surface area (TPSA) is 20.2 Å². The molecule has 0 bridgehead atoms. The van der Waals surface area contributed by atoms with Crippen molar-refractivity contribution in [2.24, 2.45) is 0 Å². The summed E-state index contributed by atoms with van der Waals surface area (Å²) >= 11 is 5.28. The molecule has 3 heteroatoms. The molecule has 0 saturated carbocycles. The molecular formula is C13H12BrOSb. The van der Waals surface area contributed by atoms with Crippen LogP contribution in [0.2, 0.25) is 0 Å². The summed E-state index contributed by atoms with van der Waals surface area (Å²) in [5.74, 6) is 0.322. The van der Waals surface area contributed by atoms with E-state index in [2.05, 4.69) is 40.2 Å². The summed E-state index contributed by atoms with van der Waals surface area (Å²) in [5, 5.41) is 8.63. The number of benzene rings is 2. The van der Waals surface area contributed by atoms with Crippen molar-refractivity contribution in [2.45, 2.75) is 2.77 Å². The molecule has 1 N–H and O–H groups in total. The Morgan fingerprint density at radius 1 is 0.875 bits per heavy atom. The standard InChI is InChI=1S/C7H6Br.C6H6O.Sb/c8-6-7-4-2-1-3-5-7;7-6-4-2-1-3-5-6;/h1-6H;1-5,7H;. The van der Waals surface area contributed by atoms with Crippen LogP contribution in [0.5, 0.6) is 5.75 Å². The number of hydrogen-bond donors (Lipinski definition) is 1. The maximum absolute atomic E-state index is 8.63. The van der Waals surface area contributed by atoms with E-state index in [1.807, 2.05) is 12.1 Å². The molecule has 1 atom stereocenters. The Balaban J connectivity index is 0.000000165. The van der Waals surface area contributed by atoms with Gasteiger partial charge in [-0.2, -0.15) is 0 Å². The molecule has 2 radical (unpaired) electrons. The van der Waals surface area contributed by atoms with Gasteiger partial charge in [0, 0.05) is 0 Å². The molecule has 2 rings (SSSR count). The molecule has 0 spiro atoms. The second-order valence-corrected chi connectivity index (χ2v) is 7.58. The molecule has 0 fully saturated rings. The quantitative estimate of drug-likeness (QED) is 0.587. The SMILES string of the molecule is Br[CH]([Sb])c1ccccc1.Oc1ccccc1. The van der Waals surface area contributed by atoms with Gasteiger partial charge in [-0.25, -0.2) is 0 Å². The van der Waals surface area contributed by atoms with Crippen molar-refractivity contribution in [1.82, 2.24) is 0 Å². The molecule has 16 heavy (non-hydrogen) atoms. The fourth-order valence-corrected chi connectivity index (χ4v) is 1.84. The van der Waals surface area contributed by atoms with E-state index in [-0.39, 0.29) is 0 Å². The van der Waals surface area contributed by atoms with Gasteiger partial charge in [0.25, 0.3) is 0 Å². The van der Waals surface area contributed by atoms with Crippen LogP contribution in [0.15, 0.2) is 60.7 Å². The van der Waals surface area contributed by atoms with Gasteiger partial charge in [-0.15, -0.1) is 0 Å². The molecule has 2 aromatic rings. The van der Waals surface area contributed by atoms with E-state index in [9.17, 15) is 0 Å². The Morgan fingerprint density at radius 2 is 1.31 bits per heavy atom. The van der Waals surface area contributed by atoms with Crippen molar-refractivity contribution < 1.29 is 5.11 Å². The van der Waals surface area contributed by atoms with Crippen molar-refractivity contribution in [3.63, 3.8) is 0 Å². The molecule has 1 unspecified atom stereocenters. The fraction of sp³-hybridized carbons (Fsp3) is 0.0769. The Morgan fingerprint density at radius 3 is 1.56 bits per heavy atom. The molecule has 82 valence electrons. The molecule has 1 nitrogen and oxygen atoms in total. The first-order chi connectivity index (χ1) is 7.70. The van der Waals surface area contributed by atoms with Gasteiger partial charge in [-0.1, -0.05) is 18.2 Å². The van der Waals surface area contributed by atoms with Crippen LogP contribution in [0.1, 0.15) is 8.34 Å². The maximum atomic E-state index is 8.63. The van der Waals surface area contributed by atoms with Gasteiger partial charge >= 0.3 is 77.6 Å². The molecule has 0 aromatic heterocycles. The third kappa shape index (κ3) is 5.58. The molecule has 0 heterocycles. The van der Waals surface area contributed by atoms with E-state index in [1.165, 1.54) is 5.56 Å². The summed E-state index contributed by atoms with van der Waals surface area (Å²) in [6, 6.07) is 19.1. The van der Waals surface area contributed by atoms with Crippen molar-refractivity contribution >= 4 is 39.0 Å². The minimum Gasteiger partial charge on any atom is -0.508 e. The first-order valence-electron chi connectivity index (χ1n) is 4.81. The number of rotatable bonds is 1. The smallest absolute Gasteiger partial charge is 0.115 e. The predicted octanol–water partition coefficient (Wildman–Crippen LogP) is 3.64. The monoisotopic (exact) mass is 384 g/mol. The Kier molecular flexibility index (Phi) is 6.59. The van der Waals surface area contributed by atoms with Gasteiger partial charge in [-0.3, -0.25) is 0 Å². The van der Waals surface area contributed by atoms with Crippen LogP contribution in [0, 0.1) is 0 Å². The van der Waals surface area contributed by atoms with Crippen molar-refractivity contribution in [3.8, 4) is 5.75 Å². The molecule has 0 aliphatic rings. The number of hydrogen-bond acceptors (Lipinski definition) is 1. The number of aromatic hydroxyl groups is 1. The molecule has 0 aliphatic carbocycles. The van der Waals surface area contributed by atoms with Gasteiger partial charge in [0.05, 0.1) is 0 Å². The number of halogens is 1. The van der Waals surface area contributed by atoms with E-state index in [4.69, 9.17) is 5.11 Å². The zero-order chi connectivity index (χ0) is 11.8. The van der Waals surface area contributed by atoms with Crippen molar-refractivity contribution in [2.75, 3.05) is 0 Å².